The van der Waals surface area contributed by atoms with Gasteiger partial charge in [-0.25, -0.2) is 15.1 Å². The lowest BCUT2D eigenvalue weighted by Crippen LogP contribution is -2.30. The maximum atomic E-state index is 12.2. The Kier molecular flexibility index (Phi) is 6.27. The number of hydrogen-bond donors (Lipinski definition) is 2. The summed E-state index contributed by atoms with van der Waals surface area (Å²) < 4.78 is 4.77. The summed E-state index contributed by atoms with van der Waals surface area (Å²) in [5.74, 6) is -0.452. The average Bonchev–Trinajstić information content (AvgIpc) is 3.22. The highest BCUT2D eigenvalue weighted by Crippen LogP contribution is 2.30. The SMILES string of the molecule is COC(=O)c1ccc(N2CCCC2)c(NC(=O)NOCc2ccccc2)c1. The van der Waals surface area contributed by atoms with Crippen molar-refractivity contribution in [2.45, 2.75) is 19.4 Å². The molecule has 0 radical (unpaired) electrons. The van der Waals surface area contributed by atoms with Gasteiger partial charge in [0.05, 0.1) is 30.7 Å². The van der Waals surface area contributed by atoms with Crippen LogP contribution in [0.1, 0.15) is 28.8 Å². The van der Waals surface area contributed by atoms with Gasteiger partial charge in [-0.2, -0.15) is 0 Å². The summed E-state index contributed by atoms with van der Waals surface area (Å²) in [7, 11) is 1.33. The number of carbonyl (C=O) groups excluding carboxylic acids is 2. The number of amides is 2. The first-order chi connectivity index (χ1) is 13.2. The number of ether oxygens (including phenoxy) is 1. The summed E-state index contributed by atoms with van der Waals surface area (Å²) in [6, 6.07) is 14.2. The number of nitrogens with zero attached hydrogens (tertiary/aromatic N) is 1. The molecule has 0 saturated carbocycles. The van der Waals surface area contributed by atoms with E-state index in [1.807, 2.05) is 36.4 Å². The summed E-state index contributed by atoms with van der Waals surface area (Å²) in [6.07, 6.45) is 2.20. The van der Waals surface area contributed by atoms with Gasteiger partial charge in [0, 0.05) is 13.1 Å². The summed E-state index contributed by atoms with van der Waals surface area (Å²) in [6.45, 7) is 2.09. The number of nitrogens with one attached hydrogen (secondary N) is 2. The number of methoxy groups -OCH3 is 1. The number of benzene rings is 2. The van der Waals surface area contributed by atoms with Crippen LogP contribution in [-0.4, -0.2) is 32.2 Å². The molecule has 0 aromatic heterocycles. The number of carbonyl (C=O) groups is 2. The molecule has 7 nitrogen and oxygen atoms in total. The maximum absolute atomic E-state index is 12.2. The molecule has 0 bridgehead atoms. The standard InChI is InChI=1S/C20H23N3O4/c1-26-19(24)16-9-10-18(23-11-5-6-12-23)17(13-16)21-20(25)22-27-14-15-7-3-2-4-8-15/h2-4,7-10,13H,5-6,11-12,14H2,1H3,(H2,21,22,25). The van der Waals surface area contributed by atoms with Crippen molar-refractivity contribution in [1.82, 2.24) is 5.48 Å². The van der Waals surface area contributed by atoms with E-state index < -0.39 is 12.0 Å². The Morgan fingerprint density at radius 3 is 2.52 bits per heavy atom. The van der Waals surface area contributed by atoms with Crippen molar-refractivity contribution in [2.24, 2.45) is 0 Å². The van der Waals surface area contributed by atoms with Crippen LogP contribution in [0.25, 0.3) is 0 Å². The van der Waals surface area contributed by atoms with Crippen LogP contribution in [0.15, 0.2) is 48.5 Å². The molecule has 0 spiro atoms. The molecule has 2 amide bonds. The largest absolute Gasteiger partial charge is 0.465 e. The van der Waals surface area contributed by atoms with Crippen LogP contribution in [0, 0.1) is 0 Å². The van der Waals surface area contributed by atoms with Crippen LogP contribution >= 0.6 is 0 Å². The van der Waals surface area contributed by atoms with E-state index in [1.165, 1.54) is 7.11 Å². The minimum atomic E-state index is -0.506. The number of rotatable bonds is 6. The van der Waals surface area contributed by atoms with Crippen LogP contribution in [0.5, 0.6) is 0 Å². The van der Waals surface area contributed by atoms with Crippen LogP contribution in [0.3, 0.4) is 0 Å². The van der Waals surface area contributed by atoms with Gasteiger partial charge in [0.15, 0.2) is 0 Å². The van der Waals surface area contributed by atoms with Gasteiger partial charge in [0.2, 0.25) is 0 Å². The Morgan fingerprint density at radius 1 is 1.07 bits per heavy atom. The predicted octanol–water partition coefficient (Wildman–Crippen LogP) is 3.33. The molecular weight excluding hydrogens is 346 g/mol. The van der Waals surface area contributed by atoms with Crippen LogP contribution in [-0.2, 0) is 16.2 Å². The number of hydrogen-bond acceptors (Lipinski definition) is 5. The van der Waals surface area contributed by atoms with Gasteiger partial charge in [-0.1, -0.05) is 30.3 Å². The molecule has 1 aliphatic heterocycles. The highest BCUT2D eigenvalue weighted by Gasteiger charge is 2.19. The van der Waals surface area contributed by atoms with Gasteiger partial charge in [-0.15, -0.1) is 0 Å². The smallest absolute Gasteiger partial charge is 0.343 e. The molecule has 0 unspecified atom stereocenters. The zero-order valence-electron chi connectivity index (χ0n) is 15.2. The summed E-state index contributed by atoms with van der Waals surface area (Å²) in [4.78, 5) is 31.5. The van der Waals surface area contributed by atoms with Crippen molar-refractivity contribution >= 4 is 23.4 Å². The minimum absolute atomic E-state index is 0.259. The van der Waals surface area contributed by atoms with Gasteiger partial charge in [0.1, 0.15) is 0 Å². The molecule has 1 saturated heterocycles. The van der Waals surface area contributed by atoms with E-state index in [0.29, 0.717) is 11.3 Å². The summed E-state index contributed by atoms with van der Waals surface area (Å²) in [5, 5.41) is 2.77. The van der Waals surface area contributed by atoms with Gasteiger partial charge in [-0.3, -0.25) is 4.84 Å². The number of esters is 1. The highest BCUT2D eigenvalue weighted by molar-refractivity contribution is 5.97. The van der Waals surface area contributed by atoms with E-state index in [-0.39, 0.29) is 6.61 Å². The average molecular weight is 369 g/mol. The normalized spacial score (nSPS) is 13.3. The molecule has 1 aliphatic rings. The quantitative estimate of drug-likeness (QED) is 0.603. The summed E-state index contributed by atoms with van der Waals surface area (Å²) >= 11 is 0. The van der Waals surface area contributed by atoms with Gasteiger partial charge in [-0.05, 0) is 36.6 Å². The molecule has 3 rings (SSSR count). The van der Waals surface area contributed by atoms with Crippen molar-refractivity contribution < 1.29 is 19.2 Å². The van der Waals surface area contributed by atoms with Crippen LogP contribution in [0.2, 0.25) is 0 Å². The molecule has 2 aromatic carbocycles. The monoisotopic (exact) mass is 369 g/mol. The third-order valence-electron chi connectivity index (χ3n) is 4.36. The van der Waals surface area contributed by atoms with Gasteiger partial charge >= 0.3 is 12.0 Å². The van der Waals surface area contributed by atoms with E-state index in [1.54, 1.807) is 12.1 Å². The zero-order chi connectivity index (χ0) is 19.1. The third kappa shape index (κ3) is 4.98. The number of hydroxylamine groups is 1. The lowest BCUT2D eigenvalue weighted by Gasteiger charge is -2.22. The lowest BCUT2D eigenvalue weighted by molar-refractivity contribution is 0.0535. The zero-order valence-corrected chi connectivity index (χ0v) is 15.2. The molecule has 1 heterocycles. The van der Waals surface area contributed by atoms with Crippen molar-refractivity contribution in [3.05, 3.63) is 59.7 Å². The molecule has 2 aromatic rings. The van der Waals surface area contributed by atoms with Crippen molar-refractivity contribution in [2.75, 3.05) is 30.4 Å². The van der Waals surface area contributed by atoms with E-state index in [4.69, 9.17) is 9.57 Å². The molecule has 27 heavy (non-hydrogen) atoms. The Labute approximate surface area is 158 Å². The van der Waals surface area contributed by atoms with Crippen molar-refractivity contribution in [3.63, 3.8) is 0 Å². The second-order valence-electron chi connectivity index (χ2n) is 6.25. The molecular formula is C20H23N3O4. The summed E-state index contributed by atoms with van der Waals surface area (Å²) in [5.41, 5.74) is 5.11. The topological polar surface area (TPSA) is 79.9 Å². The second-order valence-corrected chi connectivity index (χ2v) is 6.25. The highest BCUT2D eigenvalue weighted by atomic mass is 16.7. The fourth-order valence-electron chi connectivity index (χ4n) is 3.02. The molecule has 142 valence electrons. The number of anilines is 2. The molecule has 0 atom stereocenters. The fraction of sp³-hybridized carbons (Fsp3) is 0.300. The van der Waals surface area contributed by atoms with Crippen LogP contribution in [0.4, 0.5) is 16.2 Å². The van der Waals surface area contributed by atoms with E-state index in [0.717, 1.165) is 37.2 Å². The first kappa shape index (κ1) is 18.7. The van der Waals surface area contributed by atoms with Crippen LogP contribution < -0.4 is 15.7 Å². The first-order valence-corrected chi connectivity index (χ1v) is 8.87. The molecule has 0 aliphatic carbocycles. The number of urea groups is 1. The Bertz CT molecular complexity index is 789. The Balaban J connectivity index is 1.67. The van der Waals surface area contributed by atoms with Gasteiger partial charge < -0.3 is 15.0 Å². The fourth-order valence-corrected chi connectivity index (χ4v) is 3.02. The van der Waals surface area contributed by atoms with Gasteiger partial charge in [0.25, 0.3) is 0 Å². The lowest BCUT2D eigenvalue weighted by atomic mass is 10.1. The van der Waals surface area contributed by atoms with E-state index in [2.05, 4.69) is 15.7 Å². The predicted molar refractivity (Wildman–Crippen MR) is 103 cm³/mol. The van der Waals surface area contributed by atoms with Crippen molar-refractivity contribution in [3.8, 4) is 0 Å². The Morgan fingerprint density at radius 2 is 1.81 bits per heavy atom. The van der Waals surface area contributed by atoms with Crippen molar-refractivity contribution in [1.29, 1.82) is 0 Å². The maximum Gasteiger partial charge on any atom is 0.343 e. The second kappa shape index (κ2) is 9.05. The third-order valence-corrected chi connectivity index (χ3v) is 4.36. The molecule has 2 N–H and O–H groups in total. The first-order valence-electron chi connectivity index (χ1n) is 8.87. The van der Waals surface area contributed by atoms with E-state index in [9.17, 15) is 9.59 Å². The Hall–Kier alpha value is -3.06. The molecule has 1 fully saturated rings. The minimum Gasteiger partial charge on any atom is -0.465 e. The molecule has 7 heteroatoms. The van der Waals surface area contributed by atoms with E-state index >= 15 is 0 Å².